The zero-order chi connectivity index (χ0) is 16.8. The van der Waals surface area contributed by atoms with Crippen LogP contribution in [0.4, 0.5) is 5.95 Å². The third-order valence-electron chi connectivity index (χ3n) is 4.52. The van der Waals surface area contributed by atoms with Crippen LogP contribution in [-0.4, -0.2) is 25.5 Å². The van der Waals surface area contributed by atoms with E-state index in [-0.39, 0.29) is 5.91 Å². The molecule has 0 atom stereocenters. The van der Waals surface area contributed by atoms with Crippen LogP contribution >= 0.6 is 0 Å². The standard InChI is InChI=1S/C19H15N5O/c25-18(21-19-23-22-17-7-3-4-10-24(17)19)14-11-16(12-8-9-12)20-15-6-2-1-5-13(14)15/h1-7,10-12H,8-9H2,(H,21,23,25). The van der Waals surface area contributed by atoms with Crippen molar-refractivity contribution in [3.05, 3.63) is 66.0 Å². The quantitative estimate of drug-likeness (QED) is 0.625. The summed E-state index contributed by atoms with van der Waals surface area (Å²) in [5.74, 6) is 0.693. The molecule has 1 N–H and O–H groups in total. The van der Waals surface area contributed by atoms with Gasteiger partial charge in [-0.05, 0) is 37.1 Å². The van der Waals surface area contributed by atoms with Gasteiger partial charge in [-0.25, -0.2) is 0 Å². The molecule has 1 aliphatic rings. The van der Waals surface area contributed by atoms with Crippen molar-refractivity contribution in [2.24, 2.45) is 0 Å². The SMILES string of the molecule is O=C(Nc1nnc2ccccn12)c1cc(C2CC2)nc2ccccc12. The Hall–Kier alpha value is -3.28. The molecule has 25 heavy (non-hydrogen) atoms. The molecule has 0 saturated heterocycles. The van der Waals surface area contributed by atoms with Crippen LogP contribution in [0.3, 0.4) is 0 Å². The van der Waals surface area contributed by atoms with Crippen LogP contribution in [0, 0.1) is 0 Å². The number of anilines is 1. The number of carbonyl (C=O) groups is 1. The van der Waals surface area contributed by atoms with Gasteiger partial charge in [-0.3, -0.25) is 19.5 Å². The van der Waals surface area contributed by atoms with Gasteiger partial charge in [0, 0.05) is 23.2 Å². The first-order valence-electron chi connectivity index (χ1n) is 8.30. The average molecular weight is 329 g/mol. The van der Waals surface area contributed by atoms with Gasteiger partial charge in [-0.1, -0.05) is 24.3 Å². The van der Waals surface area contributed by atoms with E-state index in [2.05, 4.69) is 15.5 Å². The Morgan fingerprint density at radius 3 is 2.80 bits per heavy atom. The summed E-state index contributed by atoms with van der Waals surface area (Å²) in [6.45, 7) is 0. The second kappa shape index (κ2) is 5.37. The zero-order valence-electron chi connectivity index (χ0n) is 13.4. The van der Waals surface area contributed by atoms with Gasteiger partial charge in [0.15, 0.2) is 5.65 Å². The van der Waals surface area contributed by atoms with Gasteiger partial charge in [0.2, 0.25) is 5.95 Å². The average Bonchev–Trinajstić information content (AvgIpc) is 3.43. The zero-order valence-corrected chi connectivity index (χ0v) is 13.4. The molecule has 0 unspecified atom stereocenters. The lowest BCUT2D eigenvalue weighted by Crippen LogP contribution is -2.15. The second-order valence-corrected chi connectivity index (χ2v) is 6.29. The van der Waals surface area contributed by atoms with Crippen molar-refractivity contribution >= 4 is 28.4 Å². The molecule has 1 amide bonds. The number of rotatable bonds is 3. The van der Waals surface area contributed by atoms with Gasteiger partial charge in [0.25, 0.3) is 5.91 Å². The molecular weight excluding hydrogens is 314 g/mol. The van der Waals surface area contributed by atoms with Gasteiger partial charge in [-0.15, -0.1) is 10.2 Å². The van der Waals surface area contributed by atoms with Crippen LogP contribution in [0.2, 0.25) is 0 Å². The highest BCUT2D eigenvalue weighted by Gasteiger charge is 2.27. The first kappa shape index (κ1) is 14.1. The highest BCUT2D eigenvalue weighted by Crippen LogP contribution is 2.40. The molecule has 0 spiro atoms. The fraction of sp³-hybridized carbons (Fsp3) is 0.158. The van der Waals surface area contributed by atoms with Crippen LogP contribution < -0.4 is 5.32 Å². The third-order valence-corrected chi connectivity index (χ3v) is 4.52. The van der Waals surface area contributed by atoms with Gasteiger partial charge in [0.05, 0.1) is 11.1 Å². The third kappa shape index (κ3) is 2.42. The van der Waals surface area contributed by atoms with Crippen molar-refractivity contribution in [1.29, 1.82) is 0 Å². The number of fused-ring (bicyclic) bond motifs is 2. The van der Waals surface area contributed by atoms with E-state index in [1.807, 2.05) is 54.7 Å². The lowest BCUT2D eigenvalue weighted by atomic mass is 10.1. The van der Waals surface area contributed by atoms with E-state index in [1.54, 1.807) is 4.40 Å². The second-order valence-electron chi connectivity index (χ2n) is 6.29. The Bertz CT molecular complexity index is 1110. The first-order valence-corrected chi connectivity index (χ1v) is 8.30. The minimum atomic E-state index is -0.196. The Morgan fingerprint density at radius 2 is 1.92 bits per heavy atom. The van der Waals surface area contributed by atoms with E-state index in [0.717, 1.165) is 29.4 Å². The van der Waals surface area contributed by atoms with E-state index < -0.39 is 0 Å². The number of hydrogen-bond acceptors (Lipinski definition) is 4. The summed E-state index contributed by atoms with van der Waals surface area (Å²) in [7, 11) is 0. The summed E-state index contributed by atoms with van der Waals surface area (Å²) >= 11 is 0. The van der Waals surface area contributed by atoms with Crippen LogP contribution in [0.5, 0.6) is 0 Å². The lowest BCUT2D eigenvalue weighted by molar-refractivity contribution is 0.102. The maximum Gasteiger partial charge on any atom is 0.258 e. The first-order chi connectivity index (χ1) is 12.3. The van der Waals surface area contributed by atoms with Crippen molar-refractivity contribution in [2.75, 3.05) is 5.32 Å². The van der Waals surface area contributed by atoms with Gasteiger partial charge in [0.1, 0.15) is 0 Å². The molecule has 1 aromatic carbocycles. The van der Waals surface area contributed by atoms with E-state index >= 15 is 0 Å². The van der Waals surface area contributed by atoms with Gasteiger partial charge >= 0.3 is 0 Å². The summed E-state index contributed by atoms with van der Waals surface area (Å²) in [5, 5.41) is 11.9. The normalized spacial score (nSPS) is 14.1. The predicted octanol–water partition coefficient (Wildman–Crippen LogP) is 3.41. The number of aromatic nitrogens is 4. The summed E-state index contributed by atoms with van der Waals surface area (Å²) in [6.07, 6.45) is 4.10. The summed E-state index contributed by atoms with van der Waals surface area (Å²) in [4.78, 5) is 17.7. The van der Waals surface area contributed by atoms with E-state index in [4.69, 9.17) is 4.98 Å². The summed E-state index contributed by atoms with van der Waals surface area (Å²) in [6, 6.07) is 15.3. The van der Waals surface area contributed by atoms with Crippen molar-refractivity contribution < 1.29 is 4.79 Å². The van der Waals surface area contributed by atoms with Crippen LogP contribution in [0.15, 0.2) is 54.7 Å². The minimum absolute atomic E-state index is 0.196. The minimum Gasteiger partial charge on any atom is -0.290 e. The van der Waals surface area contributed by atoms with Gasteiger partial charge in [-0.2, -0.15) is 0 Å². The number of amides is 1. The topological polar surface area (TPSA) is 72.2 Å². The fourth-order valence-corrected chi connectivity index (χ4v) is 3.07. The van der Waals surface area contributed by atoms with E-state index in [0.29, 0.717) is 23.1 Å². The molecule has 6 heteroatoms. The monoisotopic (exact) mass is 329 g/mol. The molecule has 0 bridgehead atoms. The maximum absolute atomic E-state index is 12.9. The number of nitrogens with one attached hydrogen (secondary N) is 1. The van der Waals surface area contributed by atoms with Crippen molar-refractivity contribution in [3.63, 3.8) is 0 Å². The summed E-state index contributed by atoms with van der Waals surface area (Å²) < 4.78 is 1.75. The molecule has 4 aromatic rings. The van der Waals surface area contributed by atoms with Crippen molar-refractivity contribution in [3.8, 4) is 0 Å². The molecule has 1 saturated carbocycles. The number of carbonyl (C=O) groups excluding carboxylic acids is 1. The fourth-order valence-electron chi connectivity index (χ4n) is 3.07. The number of benzene rings is 1. The molecule has 122 valence electrons. The summed E-state index contributed by atoms with van der Waals surface area (Å²) in [5.41, 5.74) is 3.16. The van der Waals surface area contributed by atoms with Crippen LogP contribution in [-0.2, 0) is 0 Å². The van der Waals surface area contributed by atoms with Gasteiger partial charge < -0.3 is 0 Å². The molecule has 1 fully saturated rings. The number of para-hydroxylation sites is 1. The van der Waals surface area contributed by atoms with E-state index in [9.17, 15) is 4.79 Å². The van der Waals surface area contributed by atoms with Crippen LogP contribution in [0.1, 0.15) is 34.8 Å². The van der Waals surface area contributed by atoms with E-state index in [1.165, 1.54) is 0 Å². The predicted molar refractivity (Wildman–Crippen MR) is 94.7 cm³/mol. The maximum atomic E-state index is 12.9. The Kier molecular flexibility index (Phi) is 3.03. The molecule has 3 aromatic heterocycles. The molecule has 0 radical (unpaired) electrons. The molecule has 3 heterocycles. The largest absolute Gasteiger partial charge is 0.290 e. The Labute approximate surface area is 143 Å². The molecule has 0 aliphatic heterocycles. The number of pyridine rings is 2. The van der Waals surface area contributed by atoms with Crippen molar-refractivity contribution in [2.45, 2.75) is 18.8 Å². The molecule has 5 rings (SSSR count). The van der Waals surface area contributed by atoms with Crippen LogP contribution in [0.25, 0.3) is 16.6 Å². The Morgan fingerprint density at radius 1 is 1.08 bits per heavy atom. The molecular formula is C19H15N5O. The Balaban J connectivity index is 1.58. The highest BCUT2D eigenvalue weighted by atomic mass is 16.1. The lowest BCUT2D eigenvalue weighted by Gasteiger charge is -2.09. The number of nitrogens with zero attached hydrogens (tertiary/aromatic N) is 4. The highest BCUT2D eigenvalue weighted by molar-refractivity contribution is 6.12. The van der Waals surface area contributed by atoms with Crippen molar-refractivity contribution in [1.82, 2.24) is 19.6 Å². The molecule has 1 aliphatic carbocycles. The smallest absolute Gasteiger partial charge is 0.258 e. The number of hydrogen-bond donors (Lipinski definition) is 1. The molecule has 6 nitrogen and oxygen atoms in total.